The standard InChI is InChI=1S/C16H14ClN3/c1-11-9-15(20-16(17)19-11)18-10-13-7-4-6-12-5-2-3-8-14(12)13/h2-9H,10H2,1H3,(H,18,19,20). The Bertz CT molecular complexity index is 730. The fourth-order valence-corrected chi connectivity index (χ4v) is 2.48. The van der Waals surface area contributed by atoms with Crippen LogP contribution in [-0.4, -0.2) is 9.97 Å². The molecule has 0 aliphatic rings. The zero-order valence-corrected chi connectivity index (χ0v) is 11.9. The van der Waals surface area contributed by atoms with Gasteiger partial charge in [0.2, 0.25) is 5.28 Å². The van der Waals surface area contributed by atoms with Gasteiger partial charge in [0, 0.05) is 18.3 Å². The lowest BCUT2D eigenvalue weighted by atomic mass is 10.0. The quantitative estimate of drug-likeness (QED) is 0.732. The van der Waals surface area contributed by atoms with Crippen molar-refractivity contribution in [3.05, 3.63) is 65.1 Å². The molecule has 0 unspecified atom stereocenters. The van der Waals surface area contributed by atoms with Crippen molar-refractivity contribution in [2.24, 2.45) is 0 Å². The smallest absolute Gasteiger partial charge is 0.224 e. The zero-order chi connectivity index (χ0) is 13.9. The van der Waals surface area contributed by atoms with Crippen molar-refractivity contribution in [2.75, 3.05) is 5.32 Å². The SMILES string of the molecule is Cc1cc(NCc2cccc3ccccc23)nc(Cl)n1. The van der Waals surface area contributed by atoms with Crippen LogP contribution in [0.4, 0.5) is 5.82 Å². The Balaban J connectivity index is 1.87. The normalized spacial score (nSPS) is 10.7. The molecule has 1 heterocycles. The molecule has 100 valence electrons. The number of rotatable bonds is 3. The van der Waals surface area contributed by atoms with Crippen molar-refractivity contribution in [3.8, 4) is 0 Å². The molecule has 2 aromatic carbocycles. The van der Waals surface area contributed by atoms with Gasteiger partial charge in [-0.15, -0.1) is 0 Å². The highest BCUT2D eigenvalue weighted by atomic mass is 35.5. The molecule has 0 saturated carbocycles. The molecule has 1 N–H and O–H groups in total. The fraction of sp³-hybridized carbons (Fsp3) is 0.125. The first-order chi connectivity index (χ1) is 9.72. The largest absolute Gasteiger partial charge is 0.366 e. The molecule has 3 aromatic rings. The van der Waals surface area contributed by atoms with E-state index in [1.54, 1.807) is 0 Å². The van der Waals surface area contributed by atoms with Gasteiger partial charge < -0.3 is 5.32 Å². The van der Waals surface area contributed by atoms with Crippen LogP contribution in [0.5, 0.6) is 0 Å². The highest BCUT2D eigenvalue weighted by Crippen LogP contribution is 2.19. The number of fused-ring (bicyclic) bond motifs is 1. The van der Waals surface area contributed by atoms with Crippen LogP contribution in [0.1, 0.15) is 11.3 Å². The van der Waals surface area contributed by atoms with Crippen LogP contribution in [0.25, 0.3) is 10.8 Å². The van der Waals surface area contributed by atoms with E-state index in [0.29, 0.717) is 6.54 Å². The summed E-state index contributed by atoms with van der Waals surface area (Å²) in [6, 6.07) is 16.5. The highest BCUT2D eigenvalue weighted by Gasteiger charge is 2.02. The van der Waals surface area contributed by atoms with Crippen LogP contribution >= 0.6 is 11.6 Å². The summed E-state index contributed by atoms with van der Waals surface area (Å²) in [6.45, 7) is 2.60. The lowest BCUT2D eigenvalue weighted by Gasteiger charge is -2.09. The molecule has 4 heteroatoms. The predicted octanol–water partition coefficient (Wildman–Crippen LogP) is 4.20. The van der Waals surface area contributed by atoms with Crippen LogP contribution < -0.4 is 5.32 Å². The van der Waals surface area contributed by atoms with Gasteiger partial charge in [-0.3, -0.25) is 0 Å². The number of halogens is 1. The number of anilines is 1. The second-order valence-corrected chi connectivity index (χ2v) is 4.99. The minimum absolute atomic E-state index is 0.269. The van der Waals surface area contributed by atoms with E-state index in [0.717, 1.165) is 11.5 Å². The second kappa shape index (κ2) is 5.47. The summed E-state index contributed by atoms with van der Waals surface area (Å²) in [6.07, 6.45) is 0. The number of benzene rings is 2. The van der Waals surface area contributed by atoms with Gasteiger partial charge in [-0.1, -0.05) is 42.5 Å². The molecule has 0 amide bonds. The third-order valence-electron chi connectivity index (χ3n) is 3.17. The van der Waals surface area contributed by atoms with E-state index in [1.807, 2.05) is 19.1 Å². The summed E-state index contributed by atoms with van der Waals surface area (Å²) in [5, 5.41) is 6.06. The van der Waals surface area contributed by atoms with Crippen LogP contribution in [-0.2, 0) is 6.54 Å². The predicted molar refractivity (Wildman–Crippen MR) is 83.1 cm³/mol. The Morgan fingerprint density at radius 2 is 1.85 bits per heavy atom. The Morgan fingerprint density at radius 1 is 1.05 bits per heavy atom. The average molecular weight is 284 g/mol. The van der Waals surface area contributed by atoms with Crippen molar-refractivity contribution in [1.29, 1.82) is 0 Å². The molecule has 1 aromatic heterocycles. The molecule has 0 saturated heterocycles. The first-order valence-corrected chi connectivity index (χ1v) is 6.82. The van der Waals surface area contributed by atoms with E-state index >= 15 is 0 Å². The Kier molecular flexibility index (Phi) is 3.52. The maximum Gasteiger partial charge on any atom is 0.224 e. The second-order valence-electron chi connectivity index (χ2n) is 4.66. The third kappa shape index (κ3) is 2.73. The molecular weight excluding hydrogens is 270 g/mol. The van der Waals surface area contributed by atoms with Crippen LogP contribution in [0.15, 0.2) is 48.5 Å². The summed E-state index contributed by atoms with van der Waals surface area (Å²) in [4.78, 5) is 8.23. The van der Waals surface area contributed by atoms with Gasteiger partial charge in [0.05, 0.1) is 0 Å². The van der Waals surface area contributed by atoms with E-state index in [1.165, 1.54) is 16.3 Å². The molecule has 0 radical (unpaired) electrons. The van der Waals surface area contributed by atoms with Crippen LogP contribution in [0.2, 0.25) is 5.28 Å². The minimum atomic E-state index is 0.269. The summed E-state index contributed by atoms with van der Waals surface area (Å²) in [7, 11) is 0. The number of aryl methyl sites for hydroxylation is 1. The topological polar surface area (TPSA) is 37.8 Å². The lowest BCUT2D eigenvalue weighted by Crippen LogP contribution is -2.03. The van der Waals surface area contributed by atoms with Gasteiger partial charge in [0.15, 0.2) is 0 Å². The molecule has 0 fully saturated rings. The summed E-state index contributed by atoms with van der Waals surface area (Å²) < 4.78 is 0. The molecule has 3 nitrogen and oxygen atoms in total. The molecule has 0 bridgehead atoms. The van der Waals surface area contributed by atoms with Gasteiger partial charge in [-0.05, 0) is 34.9 Å². The molecular formula is C16H14ClN3. The minimum Gasteiger partial charge on any atom is -0.366 e. The fourth-order valence-electron chi connectivity index (χ4n) is 2.26. The molecule has 20 heavy (non-hydrogen) atoms. The van der Waals surface area contributed by atoms with E-state index in [-0.39, 0.29) is 5.28 Å². The number of aromatic nitrogens is 2. The highest BCUT2D eigenvalue weighted by molar-refractivity contribution is 6.28. The van der Waals surface area contributed by atoms with Crippen molar-refractivity contribution < 1.29 is 0 Å². The molecule has 0 atom stereocenters. The van der Waals surface area contributed by atoms with E-state index in [2.05, 4.69) is 51.7 Å². The van der Waals surface area contributed by atoms with Crippen molar-refractivity contribution in [3.63, 3.8) is 0 Å². The van der Waals surface area contributed by atoms with Gasteiger partial charge >= 0.3 is 0 Å². The number of nitrogens with zero attached hydrogens (tertiary/aromatic N) is 2. The number of nitrogens with one attached hydrogen (secondary N) is 1. The number of hydrogen-bond acceptors (Lipinski definition) is 3. The summed E-state index contributed by atoms with van der Waals surface area (Å²) >= 11 is 5.86. The lowest BCUT2D eigenvalue weighted by molar-refractivity contribution is 1.06. The molecule has 3 rings (SSSR count). The van der Waals surface area contributed by atoms with Gasteiger partial charge in [-0.25, -0.2) is 9.97 Å². The van der Waals surface area contributed by atoms with Crippen molar-refractivity contribution >= 4 is 28.2 Å². The van der Waals surface area contributed by atoms with Crippen LogP contribution in [0.3, 0.4) is 0 Å². The van der Waals surface area contributed by atoms with E-state index in [9.17, 15) is 0 Å². The zero-order valence-electron chi connectivity index (χ0n) is 11.1. The molecule has 0 spiro atoms. The van der Waals surface area contributed by atoms with Gasteiger partial charge in [0.25, 0.3) is 0 Å². The average Bonchev–Trinajstić information content (AvgIpc) is 2.44. The first kappa shape index (κ1) is 12.9. The first-order valence-electron chi connectivity index (χ1n) is 6.44. The maximum atomic E-state index is 5.86. The Labute approximate surface area is 122 Å². The third-order valence-corrected chi connectivity index (χ3v) is 3.34. The van der Waals surface area contributed by atoms with Gasteiger partial charge in [-0.2, -0.15) is 0 Å². The summed E-state index contributed by atoms with van der Waals surface area (Å²) in [5.41, 5.74) is 2.08. The molecule has 0 aliphatic carbocycles. The van der Waals surface area contributed by atoms with E-state index < -0.39 is 0 Å². The van der Waals surface area contributed by atoms with Gasteiger partial charge in [0.1, 0.15) is 5.82 Å². The Morgan fingerprint density at radius 3 is 2.70 bits per heavy atom. The number of hydrogen-bond donors (Lipinski definition) is 1. The van der Waals surface area contributed by atoms with E-state index in [4.69, 9.17) is 11.6 Å². The summed E-state index contributed by atoms with van der Waals surface area (Å²) in [5.74, 6) is 0.746. The van der Waals surface area contributed by atoms with Crippen molar-refractivity contribution in [1.82, 2.24) is 9.97 Å². The van der Waals surface area contributed by atoms with Crippen molar-refractivity contribution in [2.45, 2.75) is 13.5 Å². The maximum absolute atomic E-state index is 5.86. The van der Waals surface area contributed by atoms with Crippen LogP contribution in [0, 0.1) is 6.92 Å². The Hall–Kier alpha value is -2.13. The monoisotopic (exact) mass is 283 g/mol. The molecule has 0 aliphatic heterocycles.